The van der Waals surface area contributed by atoms with Crippen LogP contribution >= 0.6 is 0 Å². The molecule has 1 unspecified atom stereocenters. The minimum Gasteiger partial charge on any atom is -0.497 e. The molecule has 0 radical (unpaired) electrons. The van der Waals surface area contributed by atoms with Gasteiger partial charge in [-0.15, -0.1) is 0 Å². The first-order valence-corrected chi connectivity index (χ1v) is 6.16. The van der Waals surface area contributed by atoms with Crippen LogP contribution in [0, 0.1) is 6.92 Å². The van der Waals surface area contributed by atoms with Crippen molar-refractivity contribution < 1.29 is 24.2 Å². The number of hydrogen-bond donors (Lipinski definition) is 2. The molecule has 1 rings (SSSR count). The van der Waals surface area contributed by atoms with Crippen LogP contribution in [0.1, 0.15) is 22.3 Å². The number of carbonyl (C=O) groups excluding carboxylic acids is 1. The summed E-state index contributed by atoms with van der Waals surface area (Å²) in [5, 5.41) is 11.5. The molecule has 0 saturated carbocycles. The minimum atomic E-state index is -1.08. The topological polar surface area (TPSA) is 84.9 Å². The van der Waals surface area contributed by atoms with Gasteiger partial charge in [-0.05, 0) is 30.7 Å². The summed E-state index contributed by atoms with van der Waals surface area (Å²) in [6.07, 6.45) is 0.215. The van der Waals surface area contributed by atoms with Crippen molar-refractivity contribution in [2.24, 2.45) is 0 Å². The van der Waals surface area contributed by atoms with Crippen LogP contribution in [0.5, 0.6) is 5.75 Å². The minimum absolute atomic E-state index is 0.215. The van der Waals surface area contributed by atoms with E-state index in [1.165, 1.54) is 7.11 Å². The van der Waals surface area contributed by atoms with Gasteiger partial charge in [0.1, 0.15) is 11.8 Å². The third-order valence-corrected chi connectivity index (χ3v) is 2.89. The fraction of sp³-hybridized carbons (Fsp3) is 0.429. The average molecular weight is 281 g/mol. The molecule has 20 heavy (non-hydrogen) atoms. The van der Waals surface area contributed by atoms with Crippen molar-refractivity contribution in [3.8, 4) is 5.75 Å². The quantitative estimate of drug-likeness (QED) is 0.785. The largest absolute Gasteiger partial charge is 0.497 e. The van der Waals surface area contributed by atoms with Crippen LogP contribution in [0.3, 0.4) is 0 Å². The van der Waals surface area contributed by atoms with Gasteiger partial charge < -0.3 is 19.9 Å². The normalized spacial score (nSPS) is 11.8. The summed E-state index contributed by atoms with van der Waals surface area (Å²) in [4.78, 5) is 23.2. The van der Waals surface area contributed by atoms with E-state index in [2.05, 4.69) is 5.32 Å². The van der Waals surface area contributed by atoms with Crippen LogP contribution in [0.2, 0.25) is 0 Å². The Kier molecular flexibility index (Phi) is 5.99. The van der Waals surface area contributed by atoms with Crippen LogP contribution in [0.25, 0.3) is 0 Å². The fourth-order valence-electron chi connectivity index (χ4n) is 1.75. The molecule has 2 N–H and O–H groups in total. The molecule has 6 heteroatoms. The van der Waals surface area contributed by atoms with E-state index in [0.717, 1.165) is 5.56 Å². The van der Waals surface area contributed by atoms with Gasteiger partial charge in [-0.3, -0.25) is 4.79 Å². The lowest BCUT2D eigenvalue weighted by Gasteiger charge is -2.15. The second-order valence-electron chi connectivity index (χ2n) is 4.33. The maximum atomic E-state index is 12.1. The molecule has 0 fully saturated rings. The number of aryl methyl sites for hydroxylation is 1. The molecular formula is C14H19NO5. The maximum absolute atomic E-state index is 12.1. The summed E-state index contributed by atoms with van der Waals surface area (Å²) in [5.74, 6) is -0.858. The van der Waals surface area contributed by atoms with Gasteiger partial charge in [-0.1, -0.05) is 0 Å². The number of carbonyl (C=O) groups is 2. The predicted octanol–water partition coefficient (Wildman–Crippen LogP) is 1.22. The molecule has 0 bridgehead atoms. The molecule has 1 aromatic carbocycles. The molecular weight excluding hydrogens is 262 g/mol. The van der Waals surface area contributed by atoms with E-state index in [0.29, 0.717) is 11.3 Å². The Bertz CT molecular complexity index is 486. The molecule has 0 aliphatic heterocycles. The number of aliphatic carboxylic acids is 1. The second kappa shape index (κ2) is 7.49. The van der Waals surface area contributed by atoms with E-state index in [1.54, 1.807) is 32.2 Å². The number of benzene rings is 1. The molecule has 0 aliphatic carbocycles. The highest BCUT2D eigenvalue weighted by atomic mass is 16.5. The first-order chi connectivity index (χ1) is 9.49. The van der Waals surface area contributed by atoms with E-state index in [-0.39, 0.29) is 13.0 Å². The lowest BCUT2D eigenvalue weighted by Crippen LogP contribution is -2.41. The van der Waals surface area contributed by atoms with Crippen LogP contribution < -0.4 is 10.1 Å². The van der Waals surface area contributed by atoms with Crippen molar-refractivity contribution in [2.75, 3.05) is 20.8 Å². The fourth-order valence-corrected chi connectivity index (χ4v) is 1.75. The van der Waals surface area contributed by atoms with Gasteiger partial charge in [0.25, 0.3) is 5.91 Å². The third kappa shape index (κ3) is 4.24. The molecule has 0 heterocycles. The SMILES string of the molecule is COCCC(NC(=O)c1ccc(OC)cc1C)C(=O)O. The number of methoxy groups -OCH3 is 2. The van der Waals surface area contributed by atoms with Crippen molar-refractivity contribution in [1.82, 2.24) is 5.32 Å². The summed E-state index contributed by atoms with van der Waals surface area (Å²) in [5.41, 5.74) is 1.15. The zero-order valence-corrected chi connectivity index (χ0v) is 11.8. The van der Waals surface area contributed by atoms with Gasteiger partial charge in [0, 0.05) is 25.7 Å². The Balaban J connectivity index is 2.80. The van der Waals surface area contributed by atoms with E-state index in [9.17, 15) is 9.59 Å². The Morgan fingerprint density at radius 2 is 2.05 bits per heavy atom. The standard InChI is InChI=1S/C14H19NO5/c1-9-8-10(20-3)4-5-11(9)13(16)15-12(14(17)18)6-7-19-2/h4-5,8,12H,6-7H2,1-3H3,(H,15,16)(H,17,18). The van der Waals surface area contributed by atoms with Gasteiger partial charge in [-0.2, -0.15) is 0 Å². The molecule has 1 amide bonds. The monoisotopic (exact) mass is 281 g/mol. The number of carboxylic acids is 1. The molecule has 110 valence electrons. The summed E-state index contributed by atoms with van der Waals surface area (Å²) in [6, 6.07) is 4.02. The Hall–Kier alpha value is -2.08. The molecule has 1 atom stereocenters. The van der Waals surface area contributed by atoms with Crippen LogP contribution in [-0.4, -0.2) is 43.9 Å². The van der Waals surface area contributed by atoms with Crippen molar-refractivity contribution in [3.63, 3.8) is 0 Å². The Labute approximate surface area is 117 Å². The maximum Gasteiger partial charge on any atom is 0.326 e. The molecule has 0 saturated heterocycles. The van der Waals surface area contributed by atoms with Gasteiger partial charge >= 0.3 is 5.97 Å². The highest BCUT2D eigenvalue weighted by Crippen LogP contribution is 2.17. The van der Waals surface area contributed by atoms with E-state index in [4.69, 9.17) is 14.6 Å². The molecule has 6 nitrogen and oxygen atoms in total. The molecule has 0 aromatic heterocycles. The third-order valence-electron chi connectivity index (χ3n) is 2.89. The van der Waals surface area contributed by atoms with Crippen LogP contribution in [0.15, 0.2) is 18.2 Å². The summed E-state index contributed by atoms with van der Waals surface area (Å²) >= 11 is 0. The van der Waals surface area contributed by atoms with Crippen molar-refractivity contribution in [2.45, 2.75) is 19.4 Å². The van der Waals surface area contributed by atoms with Crippen molar-refractivity contribution in [3.05, 3.63) is 29.3 Å². The van der Waals surface area contributed by atoms with Gasteiger partial charge in [-0.25, -0.2) is 4.79 Å². The van der Waals surface area contributed by atoms with E-state index in [1.807, 2.05) is 0 Å². The average Bonchev–Trinajstić information content (AvgIpc) is 2.42. The molecule has 1 aromatic rings. The van der Waals surface area contributed by atoms with Crippen LogP contribution in [0.4, 0.5) is 0 Å². The summed E-state index contributed by atoms with van der Waals surface area (Å²) in [7, 11) is 3.02. The number of rotatable bonds is 7. The first kappa shape index (κ1) is 16.0. The summed E-state index contributed by atoms with van der Waals surface area (Å²) < 4.78 is 9.89. The zero-order valence-electron chi connectivity index (χ0n) is 11.8. The lowest BCUT2D eigenvalue weighted by molar-refractivity contribution is -0.139. The van der Waals surface area contributed by atoms with Gasteiger partial charge in [0.2, 0.25) is 0 Å². The molecule has 0 aliphatic rings. The second-order valence-corrected chi connectivity index (χ2v) is 4.33. The van der Waals surface area contributed by atoms with E-state index < -0.39 is 17.9 Å². The van der Waals surface area contributed by atoms with Crippen molar-refractivity contribution >= 4 is 11.9 Å². The highest BCUT2D eigenvalue weighted by Gasteiger charge is 2.21. The number of hydrogen-bond acceptors (Lipinski definition) is 4. The smallest absolute Gasteiger partial charge is 0.326 e. The Morgan fingerprint density at radius 1 is 1.35 bits per heavy atom. The summed E-state index contributed by atoms with van der Waals surface area (Å²) in [6.45, 7) is 2.03. The number of amides is 1. The predicted molar refractivity (Wildman–Crippen MR) is 73.1 cm³/mol. The van der Waals surface area contributed by atoms with E-state index >= 15 is 0 Å². The van der Waals surface area contributed by atoms with Gasteiger partial charge in [0.15, 0.2) is 0 Å². The zero-order chi connectivity index (χ0) is 15.1. The molecule has 0 spiro atoms. The number of nitrogens with one attached hydrogen (secondary N) is 1. The number of carboxylic acid groups (broad SMARTS) is 1. The van der Waals surface area contributed by atoms with Crippen LogP contribution in [-0.2, 0) is 9.53 Å². The first-order valence-electron chi connectivity index (χ1n) is 6.16. The highest BCUT2D eigenvalue weighted by molar-refractivity contribution is 5.97. The van der Waals surface area contributed by atoms with Gasteiger partial charge in [0.05, 0.1) is 7.11 Å². The van der Waals surface area contributed by atoms with Crippen molar-refractivity contribution in [1.29, 1.82) is 0 Å². The number of ether oxygens (including phenoxy) is 2. The lowest BCUT2D eigenvalue weighted by atomic mass is 10.1. The Morgan fingerprint density at radius 3 is 2.55 bits per heavy atom.